The van der Waals surface area contributed by atoms with Crippen molar-refractivity contribution in [2.45, 2.75) is 33.0 Å². The van der Waals surface area contributed by atoms with Crippen LogP contribution in [0.4, 0.5) is 0 Å². The maximum Gasteiger partial charge on any atom is 0.328 e. The van der Waals surface area contributed by atoms with E-state index < -0.39 is 12.0 Å². The smallest absolute Gasteiger partial charge is 0.328 e. The molecule has 0 aliphatic rings. The Morgan fingerprint density at radius 3 is 2.52 bits per heavy atom. The fourth-order valence-electron chi connectivity index (χ4n) is 3.13. The van der Waals surface area contributed by atoms with E-state index in [4.69, 9.17) is 9.47 Å². The van der Waals surface area contributed by atoms with Gasteiger partial charge in [-0.05, 0) is 35.1 Å². The largest absolute Gasteiger partial charge is 0.489 e. The van der Waals surface area contributed by atoms with Crippen molar-refractivity contribution in [2.75, 3.05) is 7.11 Å². The third kappa shape index (κ3) is 5.16. The summed E-state index contributed by atoms with van der Waals surface area (Å²) in [6, 6.07) is 17.0. The zero-order valence-electron chi connectivity index (χ0n) is 16.9. The maximum absolute atomic E-state index is 12.5. The number of ether oxygens (including phenoxy) is 2. The number of carbonyl (C=O) groups is 2. The van der Waals surface area contributed by atoms with Gasteiger partial charge in [0.15, 0.2) is 0 Å². The zero-order valence-corrected chi connectivity index (χ0v) is 16.9. The van der Waals surface area contributed by atoms with Crippen molar-refractivity contribution >= 4 is 22.8 Å². The molecule has 3 rings (SSSR count). The maximum atomic E-state index is 12.5. The van der Waals surface area contributed by atoms with E-state index in [1.54, 1.807) is 0 Å². The van der Waals surface area contributed by atoms with Gasteiger partial charge >= 0.3 is 5.97 Å². The van der Waals surface area contributed by atoms with Crippen molar-refractivity contribution in [3.05, 3.63) is 66.4 Å². The van der Waals surface area contributed by atoms with Gasteiger partial charge in [0.1, 0.15) is 24.9 Å². The lowest BCUT2D eigenvalue weighted by atomic mass is 10.0. The van der Waals surface area contributed by atoms with E-state index in [2.05, 4.69) is 5.32 Å². The molecular formula is C23H26N2O4. The highest BCUT2D eigenvalue weighted by atomic mass is 16.5. The van der Waals surface area contributed by atoms with E-state index in [1.807, 2.05) is 79.2 Å². The Bertz CT molecular complexity index is 979. The lowest BCUT2D eigenvalue weighted by Crippen LogP contribution is -2.46. The van der Waals surface area contributed by atoms with Gasteiger partial charge in [0.25, 0.3) is 0 Å². The number of fused-ring (bicyclic) bond motifs is 1. The molecule has 6 heteroatoms. The summed E-state index contributed by atoms with van der Waals surface area (Å²) in [5, 5.41) is 3.78. The van der Waals surface area contributed by atoms with Crippen LogP contribution in [0.5, 0.6) is 5.75 Å². The second-order valence-corrected chi connectivity index (χ2v) is 7.25. The normalized spacial score (nSPS) is 12.0. The quantitative estimate of drug-likeness (QED) is 0.594. The Kier molecular flexibility index (Phi) is 6.54. The first-order valence-corrected chi connectivity index (χ1v) is 9.60. The van der Waals surface area contributed by atoms with E-state index >= 15 is 0 Å². The van der Waals surface area contributed by atoms with E-state index in [0.717, 1.165) is 22.2 Å². The molecule has 0 unspecified atom stereocenters. The number of hydrogen-bond donors (Lipinski definition) is 1. The number of amides is 1. The van der Waals surface area contributed by atoms with Crippen LogP contribution in [0.2, 0.25) is 0 Å². The number of hydrogen-bond acceptors (Lipinski definition) is 4. The Balaban J connectivity index is 1.70. The molecule has 0 radical (unpaired) electrons. The lowest BCUT2D eigenvalue weighted by Gasteiger charge is -2.20. The lowest BCUT2D eigenvalue weighted by molar-refractivity contribution is -0.146. The molecule has 1 heterocycles. The molecule has 0 bridgehead atoms. The molecule has 2 aromatic carbocycles. The van der Waals surface area contributed by atoms with Crippen molar-refractivity contribution in [3.8, 4) is 5.75 Å². The molecule has 1 amide bonds. The van der Waals surface area contributed by atoms with Crippen LogP contribution < -0.4 is 10.1 Å². The van der Waals surface area contributed by atoms with E-state index in [0.29, 0.717) is 6.61 Å². The molecule has 1 aromatic heterocycles. The summed E-state index contributed by atoms with van der Waals surface area (Å²) in [5.74, 6) is -0.0216. The minimum Gasteiger partial charge on any atom is -0.489 e. The minimum atomic E-state index is -0.668. The first kappa shape index (κ1) is 20.5. The summed E-state index contributed by atoms with van der Waals surface area (Å²) in [6.07, 6.45) is 1.85. The fourth-order valence-corrected chi connectivity index (χ4v) is 3.13. The van der Waals surface area contributed by atoms with Crippen LogP contribution in [0.25, 0.3) is 10.9 Å². The molecule has 3 aromatic rings. The summed E-state index contributed by atoms with van der Waals surface area (Å²) in [6.45, 7) is 4.31. The average molecular weight is 394 g/mol. The number of methoxy groups -OCH3 is 1. The van der Waals surface area contributed by atoms with Crippen LogP contribution in [-0.4, -0.2) is 29.6 Å². The molecule has 1 atom stereocenters. The molecule has 0 aliphatic heterocycles. The number of nitrogens with one attached hydrogen (secondary N) is 1. The molecule has 1 N–H and O–H groups in total. The SMILES string of the molecule is COC(=O)[C@@H](NC(=O)Cn1ccc2ccc(OCc3ccccc3)cc21)C(C)C. The van der Waals surface area contributed by atoms with Gasteiger partial charge in [0, 0.05) is 12.3 Å². The van der Waals surface area contributed by atoms with Crippen molar-refractivity contribution in [1.29, 1.82) is 0 Å². The second-order valence-electron chi connectivity index (χ2n) is 7.25. The van der Waals surface area contributed by atoms with Crippen LogP contribution in [-0.2, 0) is 27.5 Å². The Labute approximate surface area is 170 Å². The Morgan fingerprint density at radius 1 is 1.07 bits per heavy atom. The van der Waals surface area contributed by atoms with Crippen LogP contribution in [0.15, 0.2) is 60.8 Å². The van der Waals surface area contributed by atoms with E-state index in [9.17, 15) is 9.59 Å². The summed E-state index contributed by atoms with van der Waals surface area (Å²) in [4.78, 5) is 24.4. The van der Waals surface area contributed by atoms with Gasteiger partial charge in [0.05, 0.1) is 12.6 Å². The van der Waals surface area contributed by atoms with Crippen LogP contribution in [0.3, 0.4) is 0 Å². The van der Waals surface area contributed by atoms with Crippen LogP contribution in [0.1, 0.15) is 19.4 Å². The number of aromatic nitrogens is 1. The monoisotopic (exact) mass is 394 g/mol. The highest BCUT2D eigenvalue weighted by Crippen LogP contribution is 2.23. The molecular weight excluding hydrogens is 368 g/mol. The first-order valence-electron chi connectivity index (χ1n) is 9.60. The average Bonchev–Trinajstić information content (AvgIpc) is 3.12. The fraction of sp³-hybridized carbons (Fsp3) is 0.304. The van der Waals surface area contributed by atoms with Gasteiger partial charge in [-0.3, -0.25) is 4.79 Å². The highest BCUT2D eigenvalue weighted by molar-refractivity contribution is 5.87. The minimum absolute atomic E-state index is 0.0641. The first-order chi connectivity index (χ1) is 14.0. The molecule has 29 heavy (non-hydrogen) atoms. The van der Waals surface area contributed by atoms with Crippen molar-refractivity contribution in [1.82, 2.24) is 9.88 Å². The van der Waals surface area contributed by atoms with E-state index in [-0.39, 0.29) is 18.4 Å². The third-order valence-electron chi connectivity index (χ3n) is 4.75. The van der Waals surface area contributed by atoms with Gasteiger partial charge in [-0.1, -0.05) is 44.2 Å². The summed E-state index contributed by atoms with van der Waals surface area (Å²) < 4.78 is 12.5. The molecule has 0 spiro atoms. The Hall–Kier alpha value is -3.28. The summed E-state index contributed by atoms with van der Waals surface area (Å²) in [5.41, 5.74) is 1.98. The number of carbonyl (C=O) groups excluding carboxylic acids is 2. The predicted octanol–water partition coefficient (Wildman–Crippen LogP) is 3.53. The zero-order chi connectivity index (χ0) is 20.8. The number of esters is 1. The predicted molar refractivity (Wildman–Crippen MR) is 111 cm³/mol. The summed E-state index contributed by atoms with van der Waals surface area (Å²) in [7, 11) is 1.32. The molecule has 0 aliphatic carbocycles. The topological polar surface area (TPSA) is 69.6 Å². The number of benzene rings is 2. The van der Waals surface area contributed by atoms with Crippen molar-refractivity contribution < 1.29 is 19.1 Å². The molecule has 0 saturated carbocycles. The Morgan fingerprint density at radius 2 is 1.83 bits per heavy atom. The van der Waals surface area contributed by atoms with Crippen LogP contribution >= 0.6 is 0 Å². The van der Waals surface area contributed by atoms with Crippen LogP contribution in [0, 0.1) is 5.92 Å². The van der Waals surface area contributed by atoms with Gasteiger partial charge in [-0.25, -0.2) is 4.79 Å². The van der Waals surface area contributed by atoms with Crippen molar-refractivity contribution in [3.63, 3.8) is 0 Å². The molecule has 6 nitrogen and oxygen atoms in total. The third-order valence-corrected chi connectivity index (χ3v) is 4.75. The standard InChI is InChI=1S/C23H26N2O4/c1-16(2)22(23(27)28-3)24-21(26)14-25-12-11-18-9-10-19(13-20(18)25)29-15-17-7-5-4-6-8-17/h4-13,16,22H,14-15H2,1-3H3,(H,24,26)/t22-/m0/s1. The van der Waals surface area contributed by atoms with Gasteiger partial charge in [-0.15, -0.1) is 0 Å². The van der Waals surface area contributed by atoms with Gasteiger partial charge in [-0.2, -0.15) is 0 Å². The van der Waals surface area contributed by atoms with Gasteiger partial charge in [0.2, 0.25) is 5.91 Å². The number of rotatable bonds is 8. The molecule has 0 saturated heterocycles. The highest BCUT2D eigenvalue weighted by Gasteiger charge is 2.25. The molecule has 152 valence electrons. The van der Waals surface area contributed by atoms with Crippen molar-refractivity contribution in [2.24, 2.45) is 5.92 Å². The van der Waals surface area contributed by atoms with Gasteiger partial charge < -0.3 is 19.4 Å². The summed E-state index contributed by atoms with van der Waals surface area (Å²) >= 11 is 0. The number of nitrogens with zero attached hydrogens (tertiary/aromatic N) is 1. The van der Waals surface area contributed by atoms with E-state index in [1.165, 1.54) is 7.11 Å². The second kappa shape index (κ2) is 9.28. The molecule has 0 fully saturated rings.